The van der Waals surface area contributed by atoms with Crippen molar-refractivity contribution in [2.45, 2.75) is 18.8 Å². The van der Waals surface area contributed by atoms with E-state index in [1.54, 1.807) is 7.11 Å². The number of benzene rings is 2. The van der Waals surface area contributed by atoms with Crippen LogP contribution in [0, 0.1) is 0 Å². The summed E-state index contributed by atoms with van der Waals surface area (Å²) in [6.07, 6.45) is 6.29. The first-order valence-electron chi connectivity index (χ1n) is 7.64. The number of para-hydroxylation sites is 1. The average Bonchev–Trinajstić information content (AvgIpc) is 2.59. The van der Waals surface area contributed by atoms with E-state index >= 15 is 0 Å². The molecule has 2 nitrogen and oxygen atoms in total. The molecule has 2 heteroatoms. The summed E-state index contributed by atoms with van der Waals surface area (Å²) in [7, 11) is 1.71. The van der Waals surface area contributed by atoms with Gasteiger partial charge < -0.3 is 9.47 Å². The Kier molecular flexibility index (Phi) is 3.23. The second kappa shape index (κ2) is 5.38. The largest absolute Gasteiger partial charge is 0.497 e. The standard InChI is InChI=1S/C20H18O2/c1-21-16-8-4-7-14(12-16)17-9-5-11-20-18(17)13-15-6-2-3-10-19(15)22-20/h2-8,10-12,17H,9,13H2,1H3. The molecule has 0 radical (unpaired) electrons. The maximum Gasteiger partial charge on any atom is 0.130 e. The molecule has 1 heterocycles. The zero-order valence-corrected chi connectivity index (χ0v) is 12.6. The fourth-order valence-electron chi connectivity index (χ4n) is 3.31. The van der Waals surface area contributed by atoms with Crippen molar-refractivity contribution in [1.29, 1.82) is 0 Å². The zero-order chi connectivity index (χ0) is 14.9. The van der Waals surface area contributed by atoms with Crippen LogP contribution in [0.15, 0.2) is 72.0 Å². The Morgan fingerprint density at radius 3 is 2.91 bits per heavy atom. The van der Waals surface area contributed by atoms with E-state index in [9.17, 15) is 0 Å². The SMILES string of the molecule is COc1cccc(C2CC=CC3=C2Cc2ccccc2O3)c1. The van der Waals surface area contributed by atoms with Gasteiger partial charge in [-0.25, -0.2) is 0 Å². The number of hydrogen-bond donors (Lipinski definition) is 0. The molecule has 1 unspecified atom stereocenters. The molecule has 2 aromatic carbocycles. The van der Waals surface area contributed by atoms with Crippen molar-refractivity contribution < 1.29 is 9.47 Å². The first-order chi connectivity index (χ1) is 10.8. The van der Waals surface area contributed by atoms with Crippen LogP contribution in [0.5, 0.6) is 11.5 Å². The van der Waals surface area contributed by atoms with Crippen molar-refractivity contribution in [2.24, 2.45) is 0 Å². The molecule has 0 aromatic heterocycles. The summed E-state index contributed by atoms with van der Waals surface area (Å²) in [4.78, 5) is 0. The average molecular weight is 290 g/mol. The van der Waals surface area contributed by atoms with E-state index < -0.39 is 0 Å². The fourth-order valence-corrected chi connectivity index (χ4v) is 3.31. The molecule has 22 heavy (non-hydrogen) atoms. The van der Waals surface area contributed by atoms with E-state index in [0.717, 1.165) is 30.1 Å². The van der Waals surface area contributed by atoms with Gasteiger partial charge in [0.2, 0.25) is 0 Å². The van der Waals surface area contributed by atoms with Gasteiger partial charge in [0, 0.05) is 12.3 Å². The number of hydrogen-bond acceptors (Lipinski definition) is 2. The third-order valence-electron chi connectivity index (χ3n) is 4.45. The molecule has 0 saturated carbocycles. The Morgan fingerprint density at radius 1 is 1.09 bits per heavy atom. The Hall–Kier alpha value is -2.48. The molecular formula is C20H18O2. The van der Waals surface area contributed by atoms with E-state index in [1.807, 2.05) is 18.2 Å². The lowest BCUT2D eigenvalue weighted by atomic mass is 9.80. The van der Waals surface area contributed by atoms with Crippen molar-refractivity contribution in [2.75, 3.05) is 7.11 Å². The van der Waals surface area contributed by atoms with Crippen LogP contribution >= 0.6 is 0 Å². The van der Waals surface area contributed by atoms with Crippen LogP contribution < -0.4 is 9.47 Å². The van der Waals surface area contributed by atoms with Crippen LogP contribution in [0.3, 0.4) is 0 Å². The lowest BCUT2D eigenvalue weighted by molar-refractivity contribution is 0.405. The van der Waals surface area contributed by atoms with E-state index in [0.29, 0.717) is 5.92 Å². The smallest absolute Gasteiger partial charge is 0.130 e. The van der Waals surface area contributed by atoms with Crippen LogP contribution in [0.4, 0.5) is 0 Å². The van der Waals surface area contributed by atoms with Crippen molar-refractivity contribution in [3.8, 4) is 11.5 Å². The second-order valence-corrected chi connectivity index (χ2v) is 5.74. The minimum Gasteiger partial charge on any atom is -0.497 e. The van der Waals surface area contributed by atoms with Gasteiger partial charge in [-0.15, -0.1) is 0 Å². The molecule has 0 fully saturated rings. The molecule has 0 spiro atoms. The predicted octanol–water partition coefficient (Wildman–Crippen LogP) is 4.63. The Labute approximate surface area is 130 Å². The van der Waals surface area contributed by atoms with Gasteiger partial charge >= 0.3 is 0 Å². The predicted molar refractivity (Wildman–Crippen MR) is 87.3 cm³/mol. The molecule has 0 amide bonds. The second-order valence-electron chi connectivity index (χ2n) is 5.74. The monoisotopic (exact) mass is 290 g/mol. The molecule has 0 bridgehead atoms. The number of methoxy groups -OCH3 is 1. The third-order valence-corrected chi connectivity index (χ3v) is 4.45. The summed E-state index contributed by atoms with van der Waals surface area (Å²) in [5, 5.41) is 0. The minimum atomic E-state index is 0.364. The number of fused-ring (bicyclic) bond motifs is 1. The first-order valence-corrected chi connectivity index (χ1v) is 7.64. The summed E-state index contributed by atoms with van der Waals surface area (Å²) in [6, 6.07) is 16.7. The molecular weight excluding hydrogens is 272 g/mol. The van der Waals surface area contributed by atoms with Gasteiger partial charge in [-0.05, 0) is 47.4 Å². The van der Waals surface area contributed by atoms with Gasteiger partial charge in [0.15, 0.2) is 0 Å². The van der Waals surface area contributed by atoms with Gasteiger partial charge in [0.05, 0.1) is 7.11 Å². The molecule has 1 aliphatic heterocycles. The fraction of sp³-hybridized carbons (Fsp3) is 0.200. The van der Waals surface area contributed by atoms with Crippen molar-refractivity contribution in [3.63, 3.8) is 0 Å². The maximum absolute atomic E-state index is 6.11. The summed E-state index contributed by atoms with van der Waals surface area (Å²) in [6.45, 7) is 0. The molecule has 1 aliphatic carbocycles. The highest BCUT2D eigenvalue weighted by atomic mass is 16.5. The van der Waals surface area contributed by atoms with Gasteiger partial charge in [0.1, 0.15) is 17.3 Å². The Balaban J connectivity index is 1.73. The van der Waals surface area contributed by atoms with Crippen molar-refractivity contribution in [3.05, 3.63) is 83.1 Å². The summed E-state index contributed by atoms with van der Waals surface area (Å²) >= 11 is 0. The minimum absolute atomic E-state index is 0.364. The number of ether oxygens (including phenoxy) is 2. The van der Waals surface area contributed by atoms with E-state index in [-0.39, 0.29) is 0 Å². The van der Waals surface area contributed by atoms with Crippen LogP contribution in [0.25, 0.3) is 0 Å². The topological polar surface area (TPSA) is 18.5 Å². The van der Waals surface area contributed by atoms with Gasteiger partial charge in [0.25, 0.3) is 0 Å². The highest BCUT2D eigenvalue weighted by Crippen LogP contribution is 2.42. The van der Waals surface area contributed by atoms with E-state index in [1.165, 1.54) is 16.7 Å². The summed E-state index contributed by atoms with van der Waals surface area (Å²) < 4.78 is 11.5. The maximum atomic E-state index is 6.11. The lowest BCUT2D eigenvalue weighted by Gasteiger charge is -2.30. The van der Waals surface area contributed by atoms with Crippen molar-refractivity contribution >= 4 is 0 Å². The quantitative estimate of drug-likeness (QED) is 0.803. The Morgan fingerprint density at radius 2 is 2.00 bits per heavy atom. The van der Waals surface area contributed by atoms with E-state index in [2.05, 4.69) is 42.5 Å². The zero-order valence-electron chi connectivity index (χ0n) is 12.6. The highest BCUT2D eigenvalue weighted by molar-refractivity contribution is 5.49. The Bertz CT molecular complexity index is 771. The van der Waals surface area contributed by atoms with Crippen molar-refractivity contribution in [1.82, 2.24) is 0 Å². The molecule has 2 aliphatic rings. The van der Waals surface area contributed by atoms with Gasteiger partial charge in [-0.2, -0.15) is 0 Å². The molecule has 1 atom stereocenters. The molecule has 0 saturated heterocycles. The molecule has 4 rings (SSSR count). The third kappa shape index (κ3) is 2.21. The number of allylic oxidation sites excluding steroid dienone is 3. The number of rotatable bonds is 2. The van der Waals surface area contributed by atoms with Crippen LogP contribution in [-0.4, -0.2) is 7.11 Å². The first kappa shape index (κ1) is 13.2. The van der Waals surface area contributed by atoms with Crippen LogP contribution in [-0.2, 0) is 6.42 Å². The van der Waals surface area contributed by atoms with Gasteiger partial charge in [-0.1, -0.05) is 36.4 Å². The lowest BCUT2D eigenvalue weighted by Crippen LogP contribution is -2.17. The summed E-state index contributed by atoms with van der Waals surface area (Å²) in [5.74, 6) is 3.27. The van der Waals surface area contributed by atoms with Gasteiger partial charge in [-0.3, -0.25) is 0 Å². The van der Waals surface area contributed by atoms with Crippen LogP contribution in [0.2, 0.25) is 0 Å². The van der Waals surface area contributed by atoms with Crippen LogP contribution in [0.1, 0.15) is 23.5 Å². The highest BCUT2D eigenvalue weighted by Gasteiger charge is 2.27. The molecule has 0 N–H and O–H groups in total. The normalized spacial score (nSPS) is 19.2. The molecule has 2 aromatic rings. The van der Waals surface area contributed by atoms with E-state index in [4.69, 9.17) is 9.47 Å². The summed E-state index contributed by atoms with van der Waals surface area (Å²) in [5.41, 5.74) is 3.93. The molecule has 110 valence electrons.